The monoisotopic (exact) mass is 1060 g/mol. The number of aliphatic hydroxyl groups excluding tert-OH is 17. The van der Waals surface area contributed by atoms with Gasteiger partial charge < -0.3 is 150 Å². The highest BCUT2D eigenvalue weighted by Crippen LogP contribution is 2.36. The Morgan fingerprint density at radius 2 is 0.750 bits per heavy atom. The second-order valence-electron chi connectivity index (χ2n) is 18.3. The SMILES string of the molecule is CC(=O)N[C@@H]1[C@@H](O)[C@H](O[C@@H]2O[C@H](CO)[C@@H](O[C@@H]3O[C@H](CO[C@H]4O[C@H](CO)[C@@H](O)[C@H](O)[C@@H]4O)[C@@H](O[C@H]4O[C@H](CO)[C@@H](O)[C@H](O)[C@@H]4O)[C@H](O)[C@@H]3O)[C@H](O)[C@H]2NC(C)=O)[C@@H](CO[C@@H]2O[C@@H](C)[C@@H](O)[C@@H](O)[C@@H]2O)O[C@H]1O. The fourth-order valence-corrected chi connectivity index (χ4v) is 9.07. The van der Waals surface area contributed by atoms with Crippen molar-refractivity contribution in [2.75, 3.05) is 33.0 Å². The van der Waals surface area contributed by atoms with Gasteiger partial charge in [-0.25, -0.2) is 0 Å². The van der Waals surface area contributed by atoms with Crippen LogP contribution in [-0.2, 0) is 61.7 Å². The van der Waals surface area contributed by atoms with Gasteiger partial charge in [-0.1, -0.05) is 0 Å². The molecule has 418 valence electrons. The summed E-state index contributed by atoms with van der Waals surface area (Å²) in [5.41, 5.74) is 0. The van der Waals surface area contributed by atoms with Crippen molar-refractivity contribution < 1.29 is 149 Å². The van der Waals surface area contributed by atoms with E-state index in [0.29, 0.717) is 0 Å². The molecule has 30 atom stereocenters. The molecule has 6 aliphatic heterocycles. The highest BCUT2D eigenvalue weighted by Gasteiger charge is 2.57. The summed E-state index contributed by atoms with van der Waals surface area (Å²) in [4.78, 5) is 24.8. The first-order chi connectivity index (χ1) is 33.9. The van der Waals surface area contributed by atoms with Gasteiger partial charge in [0.1, 0.15) is 140 Å². The molecule has 2 amide bonds. The molecule has 0 aromatic rings. The van der Waals surface area contributed by atoms with E-state index < -0.39 is 229 Å². The van der Waals surface area contributed by atoms with Crippen LogP contribution in [0.2, 0.25) is 0 Å². The lowest BCUT2D eigenvalue weighted by Gasteiger charge is -2.50. The molecule has 6 rings (SSSR count). The maximum Gasteiger partial charge on any atom is 0.217 e. The molecule has 0 spiro atoms. The minimum Gasteiger partial charge on any atom is -0.394 e. The zero-order valence-corrected chi connectivity index (χ0v) is 38.8. The van der Waals surface area contributed by atoms with Crippen molar-refractivity contribution in [2.45, 2.75) is 205 Å². The van der Waals surface area contributed by atoms with Crippen LogP contribution >= 0.6 is 0 Å². The predicted octanol–water partition coefficient (Wildman–Crippen LogP) is -12.8. The predicted molar refractivity (Wildman–Crippen MR) is 221 cm³/mol. The Bertz CT molecular complexity index is 1730. The lowest BCUT2D eigenvalue weighted by Crippen LogP contribution is -2.70. The maximum absolute atomic E-state index is 12.7. The minimum atomic E-state index is -2.24. The van der Waals surface area contributed by atoms with Gasteiger partial charge in [0, 0.05) is 13.8 Å². The number of nitrogens with one attached hydrogen (secondary N) is 2. The summed E-state index contributed by atoms with van der Waals surface area (Å²) in [5.74, 6) is -1.59. The number of hydrogen-bond donors (Lipinski definition) is 19. The van der Waals surface area contributed by atoms with Crippen LogP contribution in [0.5, 0.6) is 0 Å². The van der Waals surface area contributed by atoms with E-state index in [2.05, 4.69) is 10.6 Å². The summed E-state index contributed by atoms with van der Waals surface area (Å²) in [6.07, 6.45) is -51.3. The van der Waals surface area contributed by atoms with Crippen LogP contribution in [0.3, 0.4) is 0 Å². The Morgan fingerprint density at radius 1 is 0.389 bits per heavy atom. The van der Waals surface area contributed by atoms with Crippen molar-refractivity contribution >= 4 is 11.8 Å². The molecule has 0 aliphatic carbocycles. The first-order valence-corrected chi connectivity index (χ1v) is 23.0. The van der Waals surface area contributed by atoms with Gasteiger partial charge in [-0.3, -0.25) is 9.59 Å². The molecule has 6 aliphatic rings. The van der Waals surface area contributed by atoms with Gasteiger partial charge in [0.15, 0.2) is 37.7 Å². The molecule has 32 nitrogen and oxygen atoms in total. The average Bonchev–Trinajstić information content (AvgIpc) is 3.34. The van der Waals surface area contributed by atoms with Crippen LogP contribution in [0.25, 0.3) is 0 Å². The fourth-order valence-electron chi connectivity index (χ4n) is 9.07. The van der Waals surface area contributed by atoms with E-state index in [1.54, 1.807) is 0 Å². The summed E-state index contributed by atoms with van der Waals surface area (Å²) < 4.78 is 62.9. The molecular formula is C40H68N2O30. The standard InChI is InChI=1S/C40H68N2O30/c1-9-19(48)24(53)28(57)37(64-9)62-7-15-33(22(51)17(35(61)65-15)41-10(2)46)70-36-18(42-11(3)47)23(52)32(14(6-45)68-36)71-40-31(60)27(56)34(72-39-30(59)26(55)21(50)13(5-44)67-39)16(69-40)8-63-38-29(58)25(54)20(49)12(4-43)66-38/h9,12-40,43-45,48-61H,4-8H2,1-3H3,(H,41,46)(H,42,47)/t9-,12+,13+,14+,15+,16+,17+,18+,19+,20+,21+,22+,23+,24+,25-,26-,27+,28-,29-,30-,31-,32+,33+,34+,35+,36-,37+,38-,39+,40-/m0/s1. The molecule has 6 fully saturated rings. The van der Waals surface area contributed by atoms with Gasteiger partial charge in [-0.15, -0.1) is 0 Å². The zero-order chi connectivity index (χ0) is 53.2. The van der Waals surface area contributed by atoms with Gasteiger partial charge in [0.2, 0.25) is 11.8 Å². The van der Waals surface area contributed by atoms with E-state index in [-0.39, 0.29) is 0 Å². The second kappa shape index (κ2) is 25.3. The molecule has 0 saturated carbocycles. The molecule has 6 heterocycles. The Kier molecular flexibility index (Phi) is 20.8. The molecule has 0 unspecified atom stereocenters. The van der Waals surface area contributed by atoms with E-state index in [9.17, 15) is 96.4 Å². The number of hydrogen-bond acceptors (Lipinski definition) is 30. The molecule has 0 bridgehead atoms. The first kappa shape index (κ1) is 59.1. The van der Waals surface area contributed by atoms with Gasteiger partial charge in [-0.2, -0.15) is 0 Å². The van der Waals surface area contributed by atoms with Crippen molar-refractivity contribution in [3.8, 4) is 0 Å². The third-order valence-electron chi connectivity index (χ3n) is 13.2. The first-order valence-electron chi connectivity index (χ1n) is 23.0. The molecule has 6 saturated heterocycles. The summed E-state index contributed by atoms with van der Waals surface area (Å²) in [6, 6.07) is -3.38. The van der Waals surface area contributed by atoms with Crippen LogP contribution in [0.4, 0.5) is 0 Å². The number of ether oxygens (including phenoxy) is 11. The van der Waals surface area contributed by atoms with Crippen molar-refractivity contribution in [2.24, 2.45) is 0 Å². The third kappa shape index (κ3) is 12.8. The topological polar surface area (TPSA) is 504 Å². The quantitative estimate of drug-likeness (QED) is 0.0643. The Balaban J connectivity index is 1.25. The zero-order valence-electron chi connectivity index (χ0n) is 38.8. The van der Waals surface area contributed by atoms with Gasteiger partial charge in [0.05, 0.1) is 39.1 Å². The third-order valence-corrected chi connectivity index (χ3v) is 13.2. The van der Waals surface area contributed by atoms with E-state index in [0.717, 1.165) is 13.8 Å². The van der Waals surface area contributed by atoms with Crippen LogP contribution in [0.1, 0.15) is 20.8 Å². The van der Waals surface area contributed by atoms with Crippen molar-refractivity contribution in [3.63, 3.8) is 0 Å². The van der Waals surface area contributed by atoms with Crippen molar-refractivity contribution in [3.05, 3.63) is 0 Å². The lowest BCUT2D eigenvalue weighted by molar-refractivity contribution is -0.384. The molecule has 72 heavy (non-hydrogen) atoms. The highest BCUT2D eigenvalue weighted by atomic mass is 16.8. The Hall–Kier alpha value is -2.18. The van der Waals surface area contributed by atoms with Crippen LogP contribution in [0.15, 0.2) is 0 Å². The number of aliphatic hydroxyl groups is 17. The van der Waals surface area contributed by atoms with Crippen LogP contribution < -0.4 is 10.6 Å². The smallest absolute Gasteiger partial charge is 0.217 e. The molecule has 19 N–H and O–H groups in total. The molecule has 0 aromatic carbocycles. The molecular weight excluding hydrogens is 988 g/mol. The van der Waals surface area contributed by atoms with E-state index in [1.165, 1.54) is 6.92 Å². The van der Waals surface area contributed by atoms with Crippen molar-refractivity contribution in [1.29, 1.82) is 0 Å². The van der Waals surface area contributed by atoms with Crippen molar-refractivity contribution in [1.82, 2.24) is 10.6 Å². The maximum atomic E-state index is 12.7. The summed E-state index contributed by atoms with van der Waals surface area (Å²) in [5, 5.41) is 186. The van der Waals surface area contributed by atoms with Gasteiger partial charge in [-0.05, 0) is 6.92 Å². The summed E-state index contributed by atoms with van der Waals surface area (Å²) in [7, 11) is 0. The molecule has 0 aromatic heterocycles. The van der Waals surface area contributed by atoms with Gasteiger partial charge in [0.25, 0.3) is 0 Å². The Labute approximate surface area is 408 Å². The number of rotatable bonds is 17. The largest absolute Gasteiger partial charge is 0.394 e. The second-order valence-corrected chi connectivity index (χ2v) is 18.3. The lowest BCUT2D eigenvalue weighted by atomic mass is 9.94. The number of carbonyl (C=O) groups excluding carboxylic acids is 2. The summed E-state index contributed by atoms with van der Waals surface area (Å²) in [6.45, 7) is -0.984. The van der Waals surface area contributed by atoms with Crippen LogP contribution in [0, 0.1) is 0 Å². The number of carbonyl (C=O) groups is 2. The van der Waals surface area contributed by atoms with E-state index in [1.807, 2.05) is 0 Å². The summed E-state index contributed by atoms with van der Waals surface area (Å²) >= 11 is 0. The van der Waals surface area contributed by atoms with E-state index >= 15 is 0 Å². The Morgan fingerprint density at radius 3 is 1.26 bits per heavy atom. The fraction of sp³-hybridized carbons (Fsp3) is 0.950. The average molecular weight is 1060 g/mol. The normalized spacial score (nSPS) is 50.3. The van der Waals surface area contributed by atoms with Crippen LogP contribution in [-0.4, -0.2) is 316 Å². The van der Waals surface area contributed by atoms with Gasteiger partial charge >= 0.3 is 0 Å². The highest BCUT2D eigenvalue weighted by molar-refractivity contribution is 5.73. The molecule has 0 radical (unpaired) electrons. The molecule has 32 heteroatoms. The minimum absolute atomic E-state index is 0.723. The van der Waals surface area contributed by atoms with E-state index in [4.69, 9.17) is 52.1 Å². The number of amides is 2.